The van der Waals surface area contributed by atoms with Gasteiger partial charge in [-0.1, -0.05) is 141 Å². The van der Waals surface area contributed by atoms with Gasteiger partial charge < -0.3 is 14.6 Å². The number of hydrogen-bond acceptors (Lipinski definition) is 6. The summed E-state index contributed by atoms with van der Waals surface area (Å²) in [5.74, 6) is -0.523. The van der Waals surface area contributed by atoms with Crippen molar-refractivity contribution in [2.24, 2.45) is 0 Å². The average molecular weight is 607 g/mol. The van der Waals surface area contributed by atoms with Crippen molar-refractivity contribution in [2.45, 2.75) is 180 Å². The van der Waals surface area contributed by atoms with E-state index in [4.69, 9.17) is 9.47 Å². The highest BCUT2D eigenvalue weighted by molar-refractivity contribution is 5.89. The van der Waals surface area contributed by atoms with E-state index in [1.807, 2.05) is 12.2 Å². The average Bonchev–Trinajstić information content (AvgIpc) is 3.00. The Balaban J connectivity index is 3.66. The van der Waals surface area contributed by atoms with Gasteiger partial charge in [-0.05, 0) is 38.2 Å². The van der Waals surface area contributed by atoms with Crippen LogP contribution in [0.2, 0.25) is 0 Å². The Morgan fingerprint density at radius 3 is 1.58 bits per heavy atom. The molecule has 1 N–H and O–H groups in total. The number of unbranched alkanes of at least 4 members (excludes halogenated alkanes) is 19. The van der Waals surface area contributed by atoms with Gasteiger partial charge in [-0.15, -0.1) is 0 Å². The number of ether oxygens (including phenoxy) is 2. The zero-order valence-corrected chi connectivity index (χ0v) is 28.0. The number of rotatable bonds is 32. The van der Waals surface area contributed by atoms with Crippen molar-refractivity contribution in [1.82, 2.24) is 0 Å². The summed E-state index contributed by atoms with van der Waals surface area (Å²) >= 11 is 0. The van der Waals surface area contributed by atoms with Crippen LogP contribution in [-0.4, -0.2) is 42.1 Å². The van der Waals surface area contributed by atoms with E-state index in [1.54, 1.807) is 6.08 Å². The van der Waals surface area contributed by atoms with Gasteiger partial charge in [-0.3, -0.25) is 14.4 Å². The predicted octanol–water partition coefficient (Wildman–Crippen LogP) is 9.91. The molecule has 6 heteroatoms. The van der Waals surface area contributed by atoms with Gasteiger partial charge in [0.2, 0.25) is 0 Å². The summed E-state index contributed by atoms with van der Waals surface area (Å²) in [6, 6.07) is 0. The summed E-state index contributed by atoms with van der Waals surface area (Å²) in [5, 5.41) is 9.51. The number of carbonyl (C=O) groups excluding carboxylic acids is 3. The Labute approximate surface area is 264 Å². The molecule has 43 heavy (non-hydrogen) atoms. The monoisotopic (exact) mass is 606 g/mol. The molecule has 0 fully saturated rings. The van der Waals surface area contributed by atoms with Gasteiger partial charge in [-0.25, -0.2) is 0 Å². The molecular formula is C37H66O6. The van der Waals surface area contributed by atoms with Crippen molar-refractivity contribution in [2.75, 3.05) is 13.2 Å². The molecule has 0 aromatic carbocycles. The fraction of sp³-hybridized carbons (Fsp3) is 0.811. The molecule has 0 aliphatic rings. The summed E-state index contributed by atoms with van der Waals surface area (Å²) in [7, 11) is 0. The van der Waals surface area contributed by atoms with Crippen LogP contribution in [0.3, 0.4) is 0 Å². The van der Waals surface area contributed by atoms with E-state index in [2.05, 4.69) is 19.9 Å². The second-order valence-electron chi connectivity index (χ2n) is 12.0. The third-order valence-electron chi connectivity index (χ3n) is 7.72. The third-order valence-corrected chi connectivity index (χ3v) is 7.72. The Kier molecular flexibility index (Phi) is 31.5. The summed E-state index contributed by atoms with van der Waals surface area (Å²) in [5.41, 5.74) is 0. The van der Waals surface area contributed by atoms with Crippen LogP contribution in [0, 0.1) is 0 Å². The van der Waals surface area contributed by atoms with Gasteiger partial charge in [0.1, 0.15) is 6.61 Å². The smallest absolute Gasteiger partial charge is 0.306 e. The van der Waals surface area contributed by atoms with Gasteiger partial charge >= 0.3 is 11.9 Å². The minimum atomic E-state index is -0.804. The number of ketones is 1. The number of aliphatic hydroxyl groups is 1. The molecule has 0 aliphatic carbocycles. The van der Waals surface area contributed by atoms with E-state index in [0.29, 0.717) is 19.3 Å². The lowest BCUT2D eigenvalue weighted by Gasteiger charge is -2.15. The first-order valence-electron chi connectivity index (χ1n) is 17.8. The Hall–Kier alpha value is -1.95. The van der Waals surface area contributed by atoms with E-state index in [0.717, 1.165) is 57.8 Å². The van der Waals surface area contributed by atoms with Crippen molar-refractivity contribution >= 4 is 17.7 Å². The quantitative estimate of drug-likeness (QED) is 0.0355. The number of carbonyl (C=O) groups is 3. The van der Waals surface area contributed by atoms with Crippen LogP contribution in [-0.2, 0) is 23.9 Å². The molecule has 0 bridgehead atoms. The number of hydrogen-bond donors (Lipinski definition) is 1. The van der Waals surface area contributed by atoms with Crippen LogP contribution in [0.1, 0.15) is 174 Å². The van der Waals surface area contributed by atoms with Gasteiger partial charge in [0, 0.05) is 19.3 Å². The maximum atomic E-state index is 12.1. The molecule has 0 aromatic heterocycles. The molecule has 0 radical (unpaired) electrons. The van der Waals surface area contributed by atoms with Gasteiger partial charge in [0.05, 0.1) is 6.61 Å². The van der Waals surface area contributed by atoms with Gasteiger partial charge in [0.15, 0.2) is 11.9 Å². The topological polar surface area (TPSA) is 89.9 Å². The van der Waals surface area contributed by atoms with E-state index < -0.39 is 6.10 Å². The molecule has 0 rings (SSSR count). The molecule has 1 atom stereocenters. The van der Waals surface area contributed by atoms with Crippen LogP contribution in [0.25, 0.3) is 0 Å². The molecule has 0 amide bonds. The molecule has 250 valence electrons. The molecule has 0 heterocycles. The minimum absolute atomic E-state index is 0.108. The van der Waals surface area contributed by atoms with Crippen molar-refractivity contribution in [3.05, 3.63) is 24.3 Å². The highest BCUT2D eigenvalue weighted by Gasteiger charge is 2.16. The van der Waals surface area contributed by atoms with Crippen molar-refractivity contribution in [3.8, 4) is 0 Å². The van der Waals surface area contributed by atoms with Crippen LogP contribution in [0.5, 0.6) is 0 Å². The zero-order chi connectivity index (χ0) is 31.6. The standard InChI is InChI=1S/C37H66O6/c1-3-5-7-9-11-12-13-14-15-16-18-22-27-31-37(41)43-35(32-38)33-42-36(40)30-26-23-19-21-25-29-34(39)28-24-20-17-10-8-6-4-2/h17,20,24,28,35,38H,3-16,18-19,21-23,25-27,29-33H2,1-2H3/b20-17-,28-24+/t35-/m0/s1. The Morgan fingerprint density at radius 1 is 0.581 bits per heavy atom. The molecule has 0 aromatic rings. The maximum absolute atomic E-state index is 12.1. The zero-order valence-electron chi connectivity index (χ0n) is 28.0. The van der Waals surface area contributed by atoms with E-state index in [1.165, 1.54) is 83.5 Å². The first-order chi connectivity index (χ1) is 21.0. The van der Waals surface area contributed by atoms with Crippen molar-refractivity contribution in [1.29, 1.82) is 0 Å². The van der Waals surface area contributed by atoms with Crippen LogP contribution < -0.4 is 0 Å². The predicted molar refractivity (Wildman–Crippen MR) is 178 cm³/mol. The molecule has 6 nitrogen and oxygen atoms in total. The summed E-state index contributed by atoms with van der Waals surface area (Å²) < 4.78 is 10.5. The highest BCUT2D eigenvalue weighted by Crippen LogP contribution is 2.14. The molecule has 0 saturated heterocycles. The minimum Gasteiger partial charge on any atom is -0.462 e. The largest absolute Gasteiger partial charge is 0.462 e. The SMILES string of the molecule is CCCCC/C=C\C=C\C(=O)CCCCCCCC(=O)OC[C@H](CO)OC(=O)CCCCCCCCCCCCCCC. The molecule has 0 saturated carbocycles. The second kappa shape index (κ2) is 33.0. The van der Waals surface area contributed by atoms with Crippen LogP contribution in [0.15, 0.2) is 24.3 Å². The summed E-state index contributed by atoms with van der Waals surface area (Å²) in [6.45, 7) is 3.97. The van der Waals surface area contributed by atoms with E-state index >= 15 is 0 Å². The fourth-order valence-corrected chi connectivity index (χ4v) is 4.95. The van der Waals surface area contributed by atoms with E-state index in [9.17, 15) is 19.5 Å². The normalized spacial score (nSPS) is 12.3. The third kappa shape index (κ3) is 31.3. The number of esters is 2. The molecular weight excluding hydrogens is 540 g/mol. The van der Waals surface area contributed by atoms with Crippen LogP contribution in [0.4, 0.5) is 0 Å². The first kappa shape index (κ1) is 41.0. The highest BCUT2D eigenvalue weighted by atomic mass is 16.6. The Morgan fingerprint density at radius 2 is 1.05 bits per heavy atom. The lowest BCUT2D eigenvalue weighted by molar-refractivity contribution is -0.161. The van der Waals surface area contributed by atoms with Gasteiger partial charge in [0.25, 0.3) is 0 Å². The summed E-state index contributed by atoms with van der Waals surface area (Å²) in [6.07, 6.45) is 33.3. The fourth-order valence-electron chi connectivity index (χ4n) is 4.95. The van der Waals surface area contributed by atoms with Gasteiger partial charge in [-0.2, -0.15) is 0 Å². The molecule has 0 aliphatic heterocycles. The lowest BCUT2D eigenvalue weighted by atomic mass is 10.0. The number of allylic oxidation sites excluding steroid dienone is 4. The maximum Gasteiger partial charge on any atom is 0.306 e. The van der Waals surface area contributed by atoms with Crippen molar-refractivity contribution in [3.63, 3.8) is 0 Å². The van der Waals surface area contributed by atoms with Crippen LogP contribution >= 0.6 is 0 Å². The molecule has 0 spiro atoms. The lowest BCUT2D eigenvalue weighted by Crippen LogP contribution is -2.28. The van der Waals surface area contributed by atoms with Crippen molar-refractivity contribution < 1.29 is 29.0 Å². The summed E-state index contributed by atoms with van der Waals surface area (Å²) in [4.78, 5) is 36.0. The first-order valence-corrected chi connectivity index (χ1v) is 17.8. The Bertz CT molecular complexity index is 714. The van der Waals surface area contributed by atoms with E-state index in [-0.39, 0.29) is 30.9 Å². The number of aliphatic hydroxyl groups excluding tert-OH is 1. The second-order valence-corrected chi connectivity index (χ2v) is 12.0. The molecule has 0 unspecified atom stereocenters.